The van der Waals surface area contributed by atoms with Gasteiger partial charge in [0.15, 0.2) is 5.13 Å². The molecule has 2 N–H and O–H groups in total. The van der Waals surface area contributed by atoms with Gasteiger partial charge in [-0.15, -0.1) is 11.3 Å². The van der Waals surface area contributed by atoms with E-state index >= 15 is 0 Å². The second kappa shape index (κ2) is 9.70. The van der Waals surface area contributed by atoms with Gasteiger partial charge in [0.05, 0.1) is 0 Å². The fourth-order valence-electron chi connectivity index (χ4n) is 3.27. The molecule has 1 aromatic carbocycles. The zero-order valence-electron chi connectivity index (χ0n) is 17.4. The van der Waals surface area contributed by atoms with E-state index in [9.17, 15) is 9.59 Å². The van der Waals surface area contributed by atoms with Gasteiger partial charge in [-0.05, 0) is 55.2 Å². The molecule has 1 aliphatic rings. The number of nitrogens with one attached hydrogen (secondary N) is 2. The fourth-order valence-corrected chi connectivity index (χ4v) is 3.98. The van der Waals surface area contributed by atoms with Gasteiger partial charge in [-0.2, -0.15) is 0 Å². The van der Waals surface area contributed by atoms with E-state index in [1.807, 2.05) is 43.3 Å². The highest BCUT2D eigenvalue weighted by Gasteiger charge is 2.34. The molecule has 0 radical (unpaired) electrons. The van der Waals surface area contributed by atoms with Crippen molar-refractivity contribution >= 4 is 34.0 Å². The first-order chi connectivity index (χ1) is 15.1. The van der Waals surface area contributed by atoms with E-state index in [1.54, 1.807) is 22.7 Å². The van der Waals surface area contributed by atoms with Gasteiger partial charge in [0.25, 0.3) is 5.91 Å². The van der Waals surface area contributed by atoms with Crippen molar-refractivity contribution < 1.29 is 9.59 Å². The van der Waals surface area contributed by atoms with E-state index in [-0.39, 0.29) is 24.3 Å². The van der Waals surface area contributed by atoms with Crippen LogP contribution in [0.5, 0.6) is 0 Å². The number of anilines is 2. The van der Waals surface area contributed by atoms with Crippen molar-refractivity contribution in [3.8, 4) is 0 Å². The van der Waals surface area contributed by atoms with Gasteiger partial charge in [0.1, 0.15) is 5.69 Å². The normalized spacial score (nSPS) is 12.9. The van der Waals surface area contributed by atoms with Crippen molar-refractivity contribution in [2.75, 3.05) is 11.9 Å². The standard InChI is InChI=1S/C23H25N5O2S/c1-16-3-2-4-18(13-16)26-23-27-20(15-31-23)22(30)28(19-5-6-19)12-9-21(29)25-14-17-7-10-24-11-8-17/h2-4,7-8,10-11,13,15,19H,5-6,9,12,14H2,1H3,(H,25,29)(H,26,27). The van der Waals surface area contributed by atoms with E-state index < -0.39 is 0 Å². The quantitative estimate of drug-likeness (QED) is 0.532. The van der Waals surface area contributed by atoms with Crippen LogP contribution >= 0.6 is 11.3 Å². The first-order valence-electron chi connectivity index (χ1n) is 10.3. The predicted octanol–water partition coefficient (Wildman–Crippen LogP) is 3.90. The summed E-state index contributed by atoms with van der Waals surface area (Å²) in [6.07, 6.45) is 5.62. The van der Waals surface area contributed by atoms with Crippen LogP contribution in [0.25, 0.3) is 0 Å². The van der Waals surface area contributed by atoms with Crippen molar-refractivity contribution in [2.45, 2.75) is 38.8 Å². The highest BCUT2D eigenvalue weighted by atomic mass is 32.1. The first-order valence-corrected chi connectivity index (χ1v) is 11.2. The van der Waals surface area contributed by atoms with Crippen LogP contribution in [0.4, 0.5) is 10.8 Å². The Hall–Kier alpha value is -3.26. The number of hydrogen-bond donors (Lipinski definition) is 2. The summed E-state index contributed by atoms with van der Waals surface area (Å²) in [4.78, 5) is 35.5. The van der Waals surface area contributed by atoms with Crippen LogP contribution < -0.4 is 10.6 Å². The molecule has 3 aromatic rings. The lowest BCUT2D eigenvalue weighted by Gasteiger charge is -2.21. The number of hydrogen-bond acceptors (Lipinski definition) is 6. The maximum Gasteiger partial charge on any atom is 0.273 e. The number of rotatable bonds is 9. The summed E-state index contributed by atoms with van der Waals surface area (Å²) in [6.45, 7) is 2.88. The molecule has 160 valence electrons. The number of thiazole rings is 1. The van der Waals surface area contributed by atoms with Crippen molar-refractivity contribution in [1.29, 1.82) is 0 Å². The zero-order chi connectivity index (χ0) is 21.6. The van der Waals surface area contributed by atoms with Crippen LogP contribution in [0, 0.1) is 6.92 Å². The summed E-state index contributed by atoms with van der Waals surface area (Å²) in [7, 11) is 0. The molecule has 2 heterocycles. The summed E-state index contributed by atoms with van der Waals surface area (Å²) in [6, 6.07) is 11.9. The number of carbonyl (C=O) groups excluding carboxylic acids is 2. The van der Waals surface area contributed by atoms with Crippen LogP contribution in [0.15, 0.2) is 54.2 Å². The Bertz CT molecular complexity index is 1050. The number of aromatic nitrogens is 2. The maximum absolute atomic E-state index is 13.0. The van der Waals surface area contributed by atoms with Crippen molar-refractivity contribution in [3.05, 3.63) is 71.0 Å². The number of aryl methyl sites for hydroxylation is 1. The molecule has 7 nitrogen and oxygen atoms in total. The minimum atomic E-state index is -0.113. The summed E-state index contributed by atoms with van der Waals surface area (Å²) in [5.74, 6) is -0.187. The van der Waals surface area contributed by atoms with E-state index in [1.165, 1.54) is 11.3 Å². The largest absolute Gasteiger partial charge is 0.352 e. The Morgan fingerprint density at radius 1 is 1.19 bits per heavy atom. The Morgan fingerprint density at radius 2 is 2.00 bits per heavy atom. The fraction of sp³-hybridized carbons (Fsp3) is 0.304. The Balaban J connectivity index is 1.32. The molecule has 2 amide bonds. The van der Waals surface area contributed by atoms with Crippen molar-refractivity contribution in [1.82, 2.24) is 20.2 Å². The summed E-state index contributed by atoms with van der Waals surface area (Å²) >= 11 is 1.40. The summed E-state index contributed by atoms with van der Waals surface area (Å²) in [5.41, 5.74) is 3.51. The van der Waals surface area contributed by atoms with Crippen LogP contribution in [-0.2, 0) is 11.3 Å². The Labute approximate surface area is 185 Å². The Morgan fingerprint density at radius 3 is 2.74 bits per heavy atom. The minimum absolute atomic E-state index is 0.0738. The number of nitrogens with zero attached hydrogens (tertiary/aromatic N) is 3. The smallest absolute Gasteiger partial charge is 0.273 e. The van der Waals surface area contributed by atoms with Crippen molar-refractivity contribution in [3.63, 3.8) is 0 Å². The summed E-state index contributed by atoms with van der Waals surface area (Å²) in [5, 5.41) is 8.61. The minimum Gasteiger partial charge on any atom is -0.352 e. The zero-order valence-corrected chi connectivity index (χ0v) is 18.2. The maximum atomic E-state index is 13.0. The highest BCUT2D eigenvalue weighted by molar-refractivity contribution is 7.14. The average Bonchev–Trinajstić information content (AvgIpc) is 3.51. The van der Waals surface area contributed by atoms with Crippen LogP contribution in [-0.4, -0.2) is 39.3 Å². The van der Waals surface area contributed by atoms with E-state index in [4.69, 9.17) is 0 Å². The second-order valence-corrected chi connectivity index (χ2v) is 8.50. The number of amides is 2. The van der Waals surface area contributed by atoms with Gasteiger partial charge in [-0.25, -0.2) is 4.98 Å². The first kappa shape index (κ1) is 21.0. The lowest BCUT2D eigenvalue weighted by Crippen LogP contribution is -2.37. The second-order valence-electron chi connectivity index (χ2n) is 7.64. The molecule has 1 saturated carbocycles. The van der Waals surface area contributed by atoms with Gasteiger partial charge in [-0.1, -0.05) is 12.1 Å². The monoisotopic (exact) mass is 435 g/mol. The molecule has 0 atom stereocenters. The average molecular weight is 436 g/mol. The third kappa shape index (κ3) is 5.88. The Kier molecular flexibility index (Phi) is 6.57. The number of carbonyl (C=O) groups is 2. The molecule has 0 aliphatic heterocycles. The van der Waals surface area contributed by atoms with Crippen LogP contribution in [0.2, 0.25) is 0 Å². The third-order valence-corrected chi connectivity index (χ3v) is 5.82. The van der Waals surface area contributed by atoms with Crippen LogP contribution in [0.3, 0.4) is 0 Å². The number of pyridine rings is 1. The molecule has 0 bridgehead atoms. The van der Waals surface area contributed by atoms with Gasteiger partial charge >= 0.3 is 0 Å². The lowest BCUT2D eigenvalue weighted by atomic mass is 10.2. The third-order valence-electron chi connectivity index (χ3n) is 5.06. The molecule has 4 rings (SSSR count). The molecule has 0 saturated heterocycles. The molecule has 0 unspecified atom stereocenters. The van der Waals surface area contributed by atoms with E-state index in [0.29, 0.717) is 23.9 Å². The van der Waals surface area contributed by atoms with Crippen molar-refractivity contribution in [2.24, 2.45) is 0 Å². The molecule has 8 heteroatoms. The van der Waals surface area contributed by atoms with E-state index in [0.717, 1.165) is 29.7 Å². The summed E-state index contributed by atoms with van der Waals surface area (Å²) < 4.78 is 0. The SMILES string of the molecule is Cc1cccc(Nc2nc(C(=O)N(CCC(=O)NCc3ccncc3)C3CC3)cs2)c1. The van der Waals surface area contributed by atoms with Gasteiger partial charge < -0.3 is 15.5 Å². The molecule has 2 aromatic heterocycles. The van der Waals surface area contributed by atoms with E-state index in [2.05, 4.69) is 20.6 Å². The molecule has 1 aliphatic carbocycles. The molecule has 0 spiro atoms. The van der Waals surface area contributed by atoms with Crippen LogP contribution in [0.1, 0.15) is 40.9 Å². The number of benzene rings is 1. The molecular formula is C23H25N5O2S. The molecule has 31 heavy (non-hydrogen) atoms. The van der Waals surface area contributed by atoms with Gasteiger partial charge in [0, 0.05) is 49.0 Å². The lowest BCUT2D eigenvalue weighted by molar-refractivity contribution is -0.121. The van der Waals surface area contributed by atoms with Gasteiger partial charge in [0.2, 0.25) is 5.91 Å². The molecule has 1 fully saturated rings. The van der Waals surface area contributed by atoms with Gasteiger partial charge in [-0.3, -0.25) is 14.6 Å². The predicted molar refractivity (Wildman–Crippen MR) is 121 cm³/mol. The topological polar surface area (TPSA) is 87.2 Å². The molecular weight excluding hydrogens is 410 g/mol. The highest BCUT2D eigenvalue weighted by Crippen LogP contribution is 2.29.